The van der Waals surface area contributed by atoms with Gasteiger partial charge in [0.15, 0.2) is 0 Å². The topological polar surface area (TPSA) is 35.2 Å². The van der Waals surface area contributed by atoms with Crippen molar-refractivity contribution in [1.29, 1.82) is 0 Å². The molecule has 0 amide bonds. The van der Waals surface area contributed by atoms with Gasteiger partial charge in [0, 0.05) is 17.1 Å². The van der Waals surface area contributed by atoms with Crippen LogP contribution >= 0.6 is 23.2 Å². The van der Waals surface area contributed by atoms with Crippen LogP contribution in [0.25, 0.3) is 0 Å². The zero-order valence-corrected chi connectivity index (χ0v) is 10.5. The second-order valence-corrected chi connectivity index (χ2v) is 5.02. The summed E-state index contributed by atoms with van der Waals surface area (Å²) < 4.78 is 5.84. The van der Waals surface area contributed by atoms with E-state index in [2.05, 4.69) is 0 Å². The van der Waals surface area contributed by atoms with E-state index >= 15 is 0 Å². The molecule has 2 N–H and O–H groups in total. The molecule has 4 heteroatoms. The van der Waals surface area contributed by atoms with E-state index < -0.39 is 0 Å². The molecule has 1 aromatic rings. The van der Waals surface area contributed by atoms with Crippen molar-refractivity contribution in [2.24, 2.45) is 5.73 Å². The third kappa shape index (κ3) is 2.82. The van der Waals surface area contributed by atoms with E-state index in [0.29, 0.717) is 15.8 Å². The molecular formula is C12H15Cl2NO. The quantitative estimate of drug-likeness (QED) is 0.881. The molecule has 0 saturated heterocycles. The number of rotatable bonds is 2. The van der Waals surface area contributed by atoms with Crippen LogP contribution in [-0.2, 0) is 0 Å². The van der Waals surface area contributed by atoms with Gasteiger partial charge in [-0.25, -0.2) is 0 Å². The lowest BCUT2D eigenvalue weighted by atomic mass is 9.93. The number of ether oxygens (including phenoxy) is 1. The summed E-state index contributed by atoms with van der Waals surface area (Å²) in [5, 5.41) is 1.21. The second-order valence-electron chi connectivity index (χ2n) is 4.18. The molecule has 1 aliphatic carbocycles. The average Bonchev–Trinajstić information content (AvgIpc) is 2.27. The zero-order chi connectivity index (χ0) is 11.5. The van der Waals surface area contributed by atoms with Crippen molar-refractivity contribution in [2.45, 2.75) is 37.8 Å². The van der Waals surface area contributed by atoms with Crippen LogP contribution in [-0.4, -0.2) is 12.1 Å². The van der Waals surface area contributed by atoms with E-state index in [-0.39, 0.29) is 12.1 Å². The largest absolute Gasteiger partial charge is 0.487 e. The van der Waals surface area contributed by atoms with Crippen LogP contribution in [0.3, 0.4) is 0 Å². The summed E-state index contributed by atoms with van der Waals surface area (Å²) in [6.07, 6.45) is 4.41. The first-order chi connectivity index (χ1) is 7.66. The Labute approximate surface area is 106 Å². The minimum absolute atomic E-state index is 0.0599. The molecule has 16 heavy (non-hydrogen) atoms. The maximum absolute atomic E-state index is 6.04. The van der Waals surface area contributed by atoms with Gasteiger partial charge in [0.25, 0.3) is 0 Å². The lowest BCUT2D eigenvalue weighted by Gasteiger charge is -2.29. The van der Waals surface area contributed by atoms with Crippen LogP contribution in [0.4, 0.5) is 0 Å². The molecule has 2 rings (SSSR count). The first kappa shape index (κ1) is 12.0. The second kappa shape index (κ2) is 5.26. The predicted octanol–water partition coefficient (Wildman–Crippen LogP) is 3.64. The molecule has 0 aliphatic heterocycles. The monoisotopic (exact) mass is 259 g/mol. The molecule has 0 aromatic heterocycles. The molecule has 2 unspecified atom stereocenters. The van der Waals surface area contributed by atoms with E-state index in [4.69, 9.17) is 33.7 Å². The van der Waals surface area contributed by atoms with Crippen molar-refractivity contribution in [2.75, 3.05) is 0 Å². The Morgan fingerprint density at radius 2 is 1.94 bits per heavy atom. The molecule has 1 fully saturated rings. The Morgan fingerprint density at radius 3 is 2.69 bits per heavy atom. The average molecular weight is 260 g/mol. The summed E-state index contributed by atoms with van der Waals surface area (Å²) in [5.41, 5.74) is 6.01. The molecule has 0 bridgehead atoms. The summed E-state index contributed by atoms with van der Waals surface area (Å²) in [6, 6.07) is 5.33. The Bertz CT molecular complexity index is 370. The maximum atomic E-state index is 6.04. The van der Waals surface area contributed by atoms with Crippen molar-refractivity contribution >= 4 is 23.2 Å². The smallest absolute Gasteiger partial charge is 0.139 e. The van der Waals surface area contributed by atoms with Gasteiger partial charge in [-0.05, 0) is 31.4 Å². The van der Waals surface area contributed by atoms with Crippen molar-refractivity contribution < 1.29 is 4.74 Å². The fourth-order valence-corrected chi connectivity index (χ4v) is 2.33. The van der Waals surface area contributed by atoms with Crippen molar-refractivity contribution in [3.63, 3.8) is 0 Å². The van der Waals surface area contributed by atoms with Crippen LogP contribution in [0, 0.1) is 0 Å². The fraction of sp³-hybridized carbons (Fsp3) is 0.500. The highest BCUT2D eigenvalue weighted by Gasteiger charge is 2.24. The molecule has 2 nitrogen and oxygen atoms in total. The highest BCUT2D eigenvalue weighted by molar-refractivity contribution is 6.34. The number of nitrogens with two attached hydrogens (primary N) is 1. The van der Waals surface area contributed by atoms with Crippen LogP contribution in [0.1, 0.15) is 25.7 Å². The molecule has 1 saturated carbocycles. The van der Waals surface area contributed by atoms with Crippen LogP contribution in [0.15, 0.2) is 18.2 Å². The predicted molar refractivity (Wildman–Crippen MR) is 67.3 cm³/mol. The van der Waals surface area contributed by atoms with Gasteiger partial charge in [0.2, 0.25) is 0 Å². The summed E-state index contributed by atoms with van der Waals surface area (Å²) in [7, 11) is 0. The third-order valence-corrected chi connectivity index (χ3v) is 3.47. The lowest BCUT2D eigenvalue weighted by molar-refractivity contribution is 0.132. The van der Waals surface area contributed by atoms with Gasteiger partial charge < -0.3 is 10.5 Å². The third-order valence-electron chi connectivity index (χ3n) is 2.93. The Kier molecular flexibility index (Phi) is 3.95. The van der Waals surface area contributed by atoms with Gasteiger partial charge >= 0.3 is 0 Å². The minimum atomic E-state index is 0.0599. The van der Waals surface area contributed by atoms with E-state index in [1.165, 1.54) is 6.42 Å². The van der Waals surface area contributed by atoms with Crippen molar-refractivity contribution in [3.8, 4) is 5.75 Å². The van der Waals surface area contributed by atoms with Gasteiger partial charge in [-0.1, -0.05) is 29.6 Å². The zero-order valence-electron chi connectivity index (χ0n) is 8.96. The fourth-order valence-electron chi connectivity index (χ4n) is 2.00. The molecule has 88 valence electrons. The van der Waals surface area contributed by atoms with Gasteiger partial charge in [-0.2, -0.15) is 0 Å². The molecule has 0 radical (unpaired) electrons. The van der Waals surface area contributed by atoms with E-state index in [1.807, 2.05) is 0 Å². The normalized spacial score (nSPS) is 25.4. The molecule has 0 heterocycles. The first-order valence-electron chi connectivity index (χ1n) is 5.54. The van der Waals surface area contributed by atoms with E-state index in [9.17, 15) is 0 Å². The van der Waals surface area contributed by atoms with Crippen LogP contribution in [0.2, 0.25) is 10.0 Å². The molecule has 1 aromatic carbocycles. The Hall–Kier alpha value is -0.440. The lowest BCUT2D eigenvalue weighted by Crippen LogP contribution is -2.41. The number of benzene rings is 1. The van der Waals surface area contributed by atoms with Gasteiger partial charge in [-0.15, -0.1) is 0 Å². The minimum Gasteiger partial charge on any atom is -0.487 e. The highest BCUT2D eigenvalue weighted by Crippen LogP contribution is 2.31. The Balaban J connectivity index is 2.10. The summed E-state index contributed by atoms with van der Waals surface area (Å²) in [4.78, 5) is 0. The molecule has 1 aliphatic rings. The maximum Gasteiger partial charge on any atom is 0.139 e. The van der Waals surface area contributed by atoms with Gasteiger partial charge in [0.05, 0.1) is 5.02 Å². The molecule has 0 spiro atoms. The molecule has 2 atom stereocenters. The first-order valence-corrected chi connectivity index (χ1v) is 6.29. The van der Waals surface area contributed by atoms with E-state index in [1.54, 1.807) is 18.2 Å². The van der Waals surface area contributed by atoms with Crippen molar-refractivity contribution in [1.82, 2.24) is 0 Å². The standard InChI is InChI=1S/C12H15Cl2NO/c13-8-5-6-9(14)12(7-8)16-11-4-2-1-3-10(11)15/h5-7,10-11H,1-4,15H2. The summed E-state index contributed by atoms with van der Waals surface area (Å²) in [6.45, 7) is 0. The number of hydrogen-bond donors (Lipinski definition) is 1. The SMILES string of the molecule is NC1CCCCC1Oc1cc(Cl)ccc1Cl. The van der Waals surface area contributed by atoms with Crippen molar-refractivity contribution in [3.05, 3.63) is 28.2 Å². The highest BCUT2D eigenvalue weighted by atomic mass is 35.5. The van der Waals surface area contributed by atoms with Crippen LogP contribution < -0.4 is 10.5 Å². The Morgan fingerprint density at radius 1 is 1.19 bits per heavy atom. The van der Waals surface area contributed by atoms with Gasteiger partial charge in [0.1, 0.15) is 11.9 Å². The molecular weight excluding hydrogens is 245 g/mol. The van der Waals surface area contributed by atoms with E-state index in [0.717, 1.165) is 19.3 Å². The van der Waals surface area contributed by atoms with Crippen LogP contribution in [0.5, 0.6) is 5.75 Å². The number of halogens is 2. The summed E-state index contributed by atoms with van der Waals surface area (Å²) in [5.74, 6) is 0.636. The van der Waals surface area contributed by atoms with Gasteiger partial charge in [-0.3, -0.25) is 0 Å². The number of hydrogen-bond acceptors (Lipinski definition) is 2. The summed E-state index contributed by atoms with van der Waals surface area (Å²) >= 11 is 11.9.